The van der Waals surface area contributed by atoms with Gasteiger partial charge in [-0.1, -0.05) is 36.4 Å². The molecule has 2 aromatic rings. The summed E-state index contributed by atoms with van der Waals surface area (Å²) in [5.41, 5.74) is 0.728. The Balaban J connectivity index is 1.59. The maximum Gasteiger partial charge on any atom is 0.261 e. The van der Waals surface area contributed by atoms with E-state index in [4.69, 9.17) is 0 Å². The molecule has 1 unspecified atom stereocenters. The fraction of sp³-hybridized carbons (Fsp3) is 0.294. The number of amides is 2. The number of carbonyl (C=O) groups is 2. The minimum atomic E-state index is -0.797. The molecule has 1 atom stereocenters. The third-order valence-electron chi connectivity index (χ3n) is 3.27. The fourth-order valence-corrected chi connectivity index (χ4v) is 2.69. The number of carbonyl (C=O) groups excluding carboxylic acids is 2. The molecule has 0 saturated heterocycles. The van der Waals surface area contributed by atoms with Crippen LogP contribution in [-0.4, -0.2) is 30.0 Å². The van der Waals surface area contributed by atoms with E-state index in [0.29, 0.717) is 24.4 Å². The number of thiophene rings is 1. The van der Waals surface area contributed by atoms with Gasteiger partial charge in [-0.05, 0) is 23.4 Å². The van der Waals surface area contributed by atoms with Crippen molar-refractivity contribution in [3.8, 4) is 0 Å². The van der Waals surface area contributed by atoms with E-state index in [1.54, 1.807) is 18.2 Å². The van der Waals surface area contributed by atoms with Crippen molar-refractivity contribution in [1.82, 2.24) is 10.6 Å². The van der Waals surface area contributed by atoms with Crippen LogP contribution in [0.25, 0.3) is 0 Å². The average molecular weight is 332 g/mol. The molecule has 2 rings (SSSR count). The maximum atomic E-state index is 11.8. The fourth-order valence-electron chi connectivity index (χ4n) is 2.05. The summed E-state index contributed by atoms with van der Waals surface area (Å²) in [4.78, 5) is 24.1. The van der Waals surface area contributed by atoms with E-state index in [1.165, 1.54) is 11.3 Å². The van der Waals surface area contributed by atoms with Crippen LogP contribution in [0.5, 0.6) is 0 Å². The zero-order valence-electron chi connectivity index (χ0n) is 12.7. The molecule has 0 bridgehead atoms. The van der Waals surface area contributed by atoms with Gasteiger partial charge in [-0.2, -0.15) is 0 Å². The monoisotopic (exact) mass is 332 g/mol. The summed E-state index contributed by atoms with van der Waals surface area (Å²) in [5, 5.41) is 17.4. The van der Waals surface area contributed by atoms with Gasteiger partial charge in [0.05, 0.1) is 17.4 Å². The van der Waals surface area contributed by atoms with Crippen molar-refractivity contribution < 1.29 is 14.7 Å². The Kier molecular flexibility index (Phi) is 6.77. The van der Waals surface area contributed by atoms with Crippen LogP contribution in [0.15, 0.2) is 47.8 Å². The van der Waals surface area contributed by atoms with Gasteiger partial charge in [0.1, 0.15) is 0 Å². The molecule has 23 heavy (non-hydrogen) atoms. The van der Waals surface area contributed by atoms with E-state index in [9.17, 15) is 14.7 Å². The molecular weight excluding hydrogens is 312 g/mol. The maximum absolute atomic E-state index is 11.8. The molecule has 3 N–H and O–H groups in total. The molecule has 6 heteroatoms. The Morgan fingerprint density at radius 2 is 1.78 bits per heavy atom. The van der Waals surface area contributed by atoms with E-state index in [1.807, 2.05) is 29.6 Å². The van der Waals surface area contributed by atoms with Crippen LogP contribution in [-0.2, 0) is 4.79 Å². The molecule has 1 aromatic carbocycles. The lowest BCUT2D eigenvalue weighted by Crippen LogP contribution is -2.30. The van der Waals surface area contributed by atoms with Crippen molar-refractivity contribution in [2.24, 2.45) is 0 Å². The van der Waals surface area contributed by atoms with Crippen LogP contribution in [0.4, 0.5) is 0 Å². The highest BCUT2D eigenvalue weighted by molar-refractivity contribution is 7.12. The first-order chi connectivity index (χ1) is 11.2. The number of aliphatic hydroxyl groups is 1. The second-order valence-electron chi connectivity index (χ2n) is 5.07. The summed E-state index contributed by atoms with van der Waals surface area (Å²) < 4.78 is 0. The van der Waals surface area contributed by atoms with Gasteiger partial charge in [0, 0.05) is 13.1 Å². The molecule has 1 heterocycles. The highest BCUT2D eigenvalue weighted by atomic mass is 32.1. The number of aliphatic hydroxyl groups excluding tert-OH is 1. The van der Waals surface area contributed by atoms with E-state index < -0.39 is 6.10 Å². The smallest absolute Gasteiger partial charge is 0.261 e. The zero-order valence-corrected chi connectivity index (χ0v) is 13.5. The average Bonchev–Trinajstić information content (AvgIpc) is 3.09. The summed E-state index contributed by atoms with van der Waals surface area (Å²) in [6.45, 7) is 0.962. The van der Waals surface area contributed by atoms with Gasteiger partial charge in [-0.3, -0.25) is 9.59 Å². The summed E-state index contributed by atoms with van der Waals surface area (Å²) in [6.07, 6.45) is -0.120. The van der Waals surface area contributed by atoms with Gasteiger partial charge in [0.2, 0.25) is 5.91 Å². The standard InChI is InChI=1S/C17H20N2O3S/c20-14(13-6-2-1-3-7-13)12-16(21)18-9-5-10-19-17(22)15-8-4-11-23-15/h1-4,6-8,11,14,20H,5,9-10,12H2,(H,18,21)(H,19,22). The molecule has 0 aliphatic heterocycles. The van der Waals surface area contributed by atoms with Crippen LogP contribution in [0.2, 0.25) is 0 Å². The van der Waals surface area contributed by atoms with Gasteiger partial charge in [-0.25, -0.2) is 0 Å². The summed E-state index contributed by atoms with van der Waals surface area (Å²) in [6, 6.07) is 12.7. The molecule has 0 aliphatic carbocycles. The summed E-state index contributed by atoms with van der Waals surface area (Å²) in [7, 11) is 0. The van der Waals surface area contributed by atoms with Crippen LogP contribution >= 0.6 is 11.3 Å². The summed E-state index contributed by atoms with van der Waals surface area (Å²) in [5.74, 6) is -0.295. The number of hydrogen-bond donors (Lipinski definition) is 3. The summed E-state index contributed by atoms with van der Waals surface area (Å²) >= 11 is 1.39. The Hall–Kier alpha value is -2.18. The van der Waals surface area contributed by atoms with E-state index >= 15 is 0 Å². The second kappa shape index (κ2) is 9.07. The highest BCUT2D eigenvalue weighted by Crippen LogP contribution is 2.15. The topological polar surface area (TPSA) is 78.4 Å². The quantitative estimate of drug-likeness (QED) is 0.648. The SMILES string of the molecule is O=C(CC(O)c1ccccc1)NCCCNC(=O)c1cccs1. The first-order valence-corrected chi connectivity index (χ1v) is 8.36. The van der Waals surface area contributed by atoms with Gasteiger partial charge in [0.15, 0.2) is 0 Å². The molecule has 0 aliphatic rings. The van der Waals surface area contributed by atoms with Gasteiger partial charge in [-0.15, -0.1) is 11.3 Å². The second-order valence-corrected chi connectivity index (χ2v) is 6.02. The molecular formula is C17H20N2O3S. The van der Waals surface area contributed by atoms with Crippen molar-refractivity contribution in [3.05, 3.63) is 58.3 Å². The number of benzene rings is 1. The van der Waals surface area contributed by atoms with E-state index in [0.717, 1.165) is 5.56 Å². The molecule has 1 aromatic heterocycles. The zero-order chi connectivity index (χ0) is 16.5. The lowest BCUT2D eigenvalue weighted by molar-refractivity contribution is -0.123. The van der Waals surface area contributed by atoms with Gasteiger partial charge < -0.3 is 15.7 Å². The van der Waals surface area contributed by atoms with Crippen LogP contribution in [0, 0.1) is 0 Å². The molecule has 0 spiro atoms. The van der Waals surface area contributed by atoms with Crippen molar-refractivity contribution in [2.75, 3.05) is 13.1 Å². The first kappa shape index (κ1) is 17.2. The van der Waals surface area contributed by atoms with Crippen LogP contribution in [0.3, 0.4) is 0 Å². The lowest BCUT2D eigenvalue weighted by Gasteiger charge is -2.11. The largest absolute Gasteiger partial charge is 0.388 e. The number of nitrogens with one attached hydrogen (secondary N) is 2. The van der Waals surface area contributed by atoms with Crippen molar-refractivity contribution >= 4 is 23.2 Å². The Morgan fingerprint density at radius 1 is 1.04 bits per heavy atom. The number of hydrogen-bond acceptors (Lipinski definition) is 4. The van der Waals surface area contributed by atoms with Gasteiger partial charge in [0.25, 0.3) is 5.91 Å². The third kappa shape index (κ3) is 5.84. The Morgan fingerprint density at radius 3 is 2.48 bits per heavy atom. The molecule has 0 fully saturated rings. The first-order valence-electron chi connectivity index (χ1n) is 7.48. The van der Waals surface area contributed by atoms with Crippen molar-refractivity contribution in [1.29, 1.82) is 0 Å². The lowest BCUT2D eigenvalue weighted by atomic mass is 10.1. The van der Waals surface area contributed by atoms with E-state index in [2.05, 4.69) is 10.6 Å². The molecule has 0 saturated carbocycles. The normalized spacial score (nSPS) is 11.7. The van der Waals surface area contributed by atoms with Gasteiger partial charge >= 0.3 is 0 Å². The molecule has 2 amide bonds. The van der Waals surface area contributed by atoms with Crippen LogP contribution in [0.1, 0.15) is 34.2 Å². The predicted octanol–water partition coefficient (Wildman–Crippen LogP) is 2.11. The Bertz CT molecular complexity index is 614. The Labute approximate surface area is 139 Å². The molecule has 122 valence electrons. The van der Waals surface area contributed by atoms with Crippen molar-refractivity contribution in [2.45, 2.75) is 18.9 Å². The predicted molar refractivity (Wildman–Crippen MR) is 90.3 cm³/mol. The highest BCUT2D eigenvalue weighted by Gasteiger charge is 2.12. The van der Waals surface area contributed by atoms with Crippen molar-refractivity contribution in [3.63, 3.8) is 0 Å². The third-order valence-corrected chi connectivity index (χ3v) is 4.14. The minimum absolute atomic E-state index is 0.0333. The van der Waals surface area contributed by atoms with Crippen LogP contribution < -0.4 is 10.6 Å². The number of rotatable bonds is 8. The molecule has 5 nitrogen and oxygen atoms in total. The van der Waals surface area contributed by atoms with E-state index in [-0.39, 0.29) is 18.2 Å². The minimum Gasteiger partial charge on any atom is -0.388 e. The molecule has 0 radical (unpaired) electrons.